The van der Waals surface area contributed by atoms with Gasteiger partial charge in [0, 0.05) is 25.7 Å². The SMILES string of the molecule is CC(C)(C)OC(=O)NCCCOCCC[C@H](NC(=O)OCC1c2ccccc2-c2ccccc21)C(=O)O. The minimum Gasteiger partial charge on any atom is -0.480 e. The van der Waals surface area contributed by atoms with Crippen LogP contribution in [0.4, 0.5) is 9.59 Å². The van der Waals surface area contributed by atoms with Crippen molar-refractivity contribution < 1.29 is 33.7 Å². The number of hydrogen-bond donors (Lipinski definition) is 3. The molecule has 0 spiro atoms. The fourth-order valence-electron chi connectivity index (χ4n) is 4.21. The molecule has 2 aromatic carbocycles. The second-order valence-electron chi connectivity index (χ2n) is 9.90. The van der Waals surface area contributed by atoms with Crippen molar-refractivity contribution in [2.24, 2.45) is 0 Å². The molecule has 9 nitrogen and oxygen atoms in total. The molecule has 0 aliphatic heterocycles. The molecule has 0 heterocycles. The number of hydrogen-bond acceptors (Lipinski definition) is 6. The molecular formula is C28H36N2O7. The quantitative estimate of drug-likeness (QED) is 0.353. The molecule has 9 heteroatoms. The van der Waals surface area contributed by atoms with Gasteiger partial charge in [0.15, 0.2) is 0 Å². The van der Waals surface area contributed by atoms with Crippen LogP contribution >= 0.6 is 0 Å². The zero-order valence-electron chi connectivity index (χ0n) is 21.6. The average molecular weight is 513 g/mol. The highest BCUT2D eigenvalue weighted by molar-refractivity contribution is 5.81. The Labute approximate surface area is 217 Å². The zero-order valence-corrected chi connectivity index (χ0v) is 21.6. The van der Waals surface area contributed by atoms with Crippen LogP contribution in [0, 0.1) is 0 Å². The van der Waals surface area contributed by atoms with Gasteiger partial charge in [-0.05, 0) is 62.3 Å². The second-order valence-corrected chi connectivity index (χ2v) is 9.90. The van der Waals surface area contributed by atoms with Gasteiger partial charge in [0.25, 0.3) is 0 Å². The van der Waals surface area contributed by atoms with Crippen LogP contribution in [0.3, 0.4) is 0 Å². The van der Waals surface area contributed by atoms with E-state index in [1.54, 1.807) is 20.8 Å². The van der Waals surface area contributed by atoms with Gasteiger partial charge >= 0.3 is 18.2 Å². The van der Waals surface area contributed by atoms with Crippen molar-refractivity contribution in [1.29, 1.82) is 0 Å². The highest BCUT2D eigenvalue weighted by Gasteiger charge is 2.29. The first kappa shape index (κ1) is 28.0. The Morgan fingerprint density at radius 1 is 0.919 bits per heavy atom. The maximum Gasteiger partial charge on any atom is 0.407 e. The largest absolute Gasteiger partial charge is 0.480 e. The molecule has 1 aliphatic rings. The number of aliphatic carboxylic acids is 1. The molecule has 0 saturated heterocycles. The van der Waals surface area contributed by atoms with Crippen molar-refractivity contribution in [3.8, 4) is 11.1 Å². The lowest BCUT2D eigenvalue weighted by molar-refractivity contribution is -0.139. The van der Waals surface area contributed by atoms with Gasteiger partial charge in [-0.1, -0.05) is 48.5 Å². The van der Waals surface area contributed by atoms with Crippen molar-refractivity contribution in [1.82, 2.24) is 10.6 Å². The molecule has 2 aromatic rings. The Bertz CT molecular complexity index is 1030. The van der Waals surface area contributed by atoms with E-state index >= 15 is 0 Å². The van der Waals surface area contributed by atoms with Crippen LogP contribution in [0.1, 0.15) is 57.1 Å². The summed E-state index contributed by atoms with van der Waals surface area (Å²) in [6.45, 7) is 6.66. The highest BCUT2D eigenvalue weighted by Crippen LogP contribution is 2.44. The minimum absolute atomic E-state index is 0.0976. The Balaban J connectivity index is 1.35. The van der Waals surface area contributed by atoms with Crippen molar-refractivity contribution in [3.63, 3.8) is 0 Å². The van der Waals surface area contributed by atoms with Gasteiger partial charge < -0.3 is 30.0 Å². The number of alkyl carbamates (subject to hydrolysis) is 2. The van der Waals surface area contributed by atoms with Gasteiger partial charge in [-0.3, -0.25) is 0 Å². The first-order chi connectivity index (χ1) is 17.7. The number of amides is 2. The summed E-state index contributed by atoms with van der Waals surface area (Å²) in [6.07, 6.45) is 0.00888. The molecule has 37 heavy (non-hydrogen) atoms. The molecule has 200 valence electrons. The fourth-order valence-corrected chi connectivity index (χ4v) is 4.21. The average Bonchev–Trinajstić information content (AvgIpc) is 3.16. The van der Waals surface area contributed by atoms with E-state index in [0.29, 0.717) is 32.6 Å². The van der Waals surface area contributed by atoms with E-state index in [2.05, 4.69) is 10.6 Å². The Kier molecular flexibility index (Phi) is 9.91. The number of nitrogens with one attached hydrogen (secondary N) is 2. The number of carbonyl (C=O) groups excluding carboxylic acids is 2. The lowest BCUT2D eigenvalue weighted by Gasteiger charge is -2.19. The van der Waals surface area contributed by atoms with Gasteiger partial charge in [-0.25, -0.2) is 14.4 Å². The molecule has 0 fully saturated rings. The summed E-state index contributed by atoms with van der Waals surface area (Å²) in [5.74, 6) is -1.23. The third-order valence-electron chi connectivity index (χ3n) is 5.85. The maximum atomic E-state index is 12.4. The molecule has 2 amide bonds. The van der Waals surface area contributed by atoms with E-state index in [1.165, 1.54) is 0 Å². The topological polar surface area (TPSA) is 123 Å². The molecule has 3 N–H and O–H groups in total. The number of fused-ring (bicyclic) bond motifs is 3. The number of ether oxygens (including phenoxy) is 3. The van der Waals surface area contributed by atoms with Gasteiger partial charge in [-0.15, -0.1) is 0 Å². The summed E-state index contributed by atoms with van der Waals surface area (Å²) in [6, 6.07) is 14.9. The summed E-state index contributed by atoms with van der Waals surface area (Å²) in [5, 5.41) is 14.6. The maximum absolute atomic E-state index is 12.4. The molecule has 0 unspecified atom stereocenters. The van der Waals surface area contributed by atoms with Crippen LogP contribution in [0.25, 0.3) is 11.1 Å². The summed E-state index contributed by atoms with van der Waals surface area (Å²) >= 11 is 0. The highest BCUT2D eigenvalue weighted by atomic mass is 16.6. The summed E-state index contributed by atoms with van der Waals surface area (Å²) < 4.78 is 16.1. The van der Waals surface area contributed by atoms with Crippen molar-refractivity contribution in [2.75, 3.05) is 26.4 Å². The minimum atomic E-state index is -1.13. The summed E-state index contributed by atoms with van der Waals surface area (Å²) in [4.78, 5) is 35.6. The van der Waals surface area contributed by atoms with Gasteiger partial charge in [0.05, 0.1) is 0 Å². The predicted molar refractivity (Wildman–Crippen MR) is 139 cm³/mol. The molecule has 1 aliphatic carbocycles. The molecular weight excluding hydrogens is 476 g/mol. The number of benzene rings is 2. The molecule has 0 aromatic heterocycles. The van der Waals surface area contributed by atoms with Gasteiger partial charge in [0.1, 0.15) is 18.2 Å². The van der Waals surface area contributed by atoms with E-state index in [4.69, 9.17) is 14.2 Å². The summed E-state index contributed by atoms with van der Waals surface area (Å²) in [5.41, 5.74) is 3.87. The Morgan fingerprint density at radius 2 is 1.51 bits per heavy atom. The van der Waals surface area contributed by atoms with Crippen LogP contribution in [0.2, 0.25) is 0 Å². The summed E-state index contributed by atoms with van der Waals surface area (Å²) in [7, 11) is 0. The first-order valence-electron chi connectivity index (χ1n) is 12.5. The molecule has 0 bridgehead atoms. The van der Waals surface area contributed by atoms with Crippen LogP contribution < -0.4 is 10.6 Å². The van der Waals surface area contributed by atoms with Crippen molar-refractivity contribution in [3.05, 3.63) is 59.7 Å². The van der Waals surface area contributed by atoms with E-state index in [1.807, 2.05) is 48.5 Å². The standard InChI is InChI=1S/C28H36N2O7/c1-28(2,3)37-26(33)29-15-9-17-35-16-8-14-24(25(31)32)30-27(34)36-18-23-21-12-6-4-10-19(21)20-11-5-7-13-22(20)23/h4-7,10-13,23-24H,8-9,14-18H2,1-3H3,(H,29,33)(H,30,34)(H,31,32)/t24-/m0/s1. The Morgan fingerprint density at radius 3 is 2.11 bits per heavy atom. The van der Waals surface area contributed by atoms with Crippen LogP contribution in [-0.2, 0) is 19.0 Å². The lowest BCUT2D eigenvalue weighted by atomic mass is 9.98. The number of carbonyl (C=O) groups is 3. The van der Waals surface area contributed by atoms with E-state index in [9.17, 15) is 19.5 Å². The second kappa shape index (κ2) is 13.1. The van der Waals surface area contributed by atoms with Crippen molar-refractivity contribution >= 4 is 18.2 Å². The predicted octanol–water partition coefficient (Wildman–Crippen LogP) is 4.69. The third-order valence-corrected chi connectivity index (χ3v) is 5.85. The number of carboxylic acids is 1. The molecule has 0 saturated carbocycles. The fraction of sp³-hybridized carbons (Fsp3) is 0.464. The van der Waals surface area contributed by atoms with E-state index in [0.717, 1.165) is 22.3 Å². The monoisotopic (exact) mass is 512 g/mol. The molecule has 3 rings (SSSR count). The van der Waals surface area contributed by atoms with Crippen LogP contribution in [0.5, 0.6) is 0 Å². The van der Waals surface area contributed by atoms with E-state index < -0.39 is 29.8 Å². The van der Waals surface area contributed by atoms with Gasteiger partial charge in [-0.2, -0.15) is 0 Å². The molecule has 0 radical (unpaired) electrons. The Hall–Kier alpha value is -3.59. The normalized spacial score (nSPS) is 13.3. The first-order valence-corrected chi connectivity index (χ1v) is 12.5. The van der Waals surface area contributed by atoms with Gasteiger partial charge in [0.2, 0.25) is 0 Å². The zero-order chi connectivity index (χ0) is 26.8. The van der Waals surface area contributed by atoms with Crippen LogP contribution in [-0.4, -0.2) is 61.3 Å². The molecule has 1 atom stereocenters. The van der Waals surface area contributed by atoms with Crippen LogP contribution in [0.15, 0.2) is 48.5 Å². The smallest absolute Gasteiger partial charge is 0.407 e. The van der Waals surface area contributed by atoms with Crippen molar-refractivity contribution in [2.45, 2.75) is 57.6 Å². The third kappa shape index (κ3) is 8.49. The van der Waals surface area contributed by atoms with E-state index in [-0.39, 0.29) is 18.9 Å². The number of carboxylic acid groups (broad SMARTS) is 1. The lowest BCUT2D eigenvalue weighted by Crippen LogP contribution is -2.41. The number of rotatable bonds is 12.